The molecule has 6 nitrogen and oxygen atoms in total. The fourth-order valence-electron chi connectivity index (χ4n) is 4.45. The third-order valence-corrected chi connectivity index (χ3v) is 6.57. The van der Waals surface area contributed by atoms with E-state index in [1.807, 2.05) is 31.4 Å². The zero-order valence-electron chi connectivity index (χ0n) is 20.8. The number of hydrogen-bond acceptors (Lipinski definition) is 4. The molecule has 0 saturated heterocycles. The van der Waals surface area contributed by atoms with E-state index in [9.17, 15) is 4.79 Å². The summed E-state index contributed by atoms with van der Waals surface area (Å²) in [6, 6.07) is 20.4. The number of amides is 1. The molecule has 0 aliphatic rings. The Balaban J connectivity index is 1.71. The van der Waals surface area contributed by atoms with Crippen molar-refractivity contribution in [2.24, 2.45) is 5.73 Å². The third-order valence-electron chi connectivity index (χ3n) is 6.57. The van der Waals surface area contributed by atoms with E-state index >= 15 is 0 Å². The van der Waals surface area contributed by atoms with Crippen LogP contribution in [0.1, 0.15) is 36.4 Å². The van der Waals surface area contributed by atoms with Crippen LogP contribution in [0.15, 0.2) is 66.9 Å². The Morgan fingerprint density at radius 1 is 1.03 bits per heavy atom. The summed E-state index contributed by atoms with van der Waals surface area (Å²) in [5.74, 6) is 0.0518. The molecule has 0 aliphatic heterocycles. The van der Waals surface area contributed by atoms with Gasteiger partial charge in [0.05, 0.1) is 44.8 Å². The number of aryl methyl sites for hydroxylation is 1. The Morgan fingerprint density at radius 2 is 1.82 bits per heavy atom. The molecule has 2 atom stereocenters. The molecule has 1 aromatic heterocycles. The van der Waals surface area contributed by atoms with Crippen LogP contribution in [-0.2, 0) is 11.2 Å². The number of hydrogen-bond donors (Lipinski definition) is 3. The normalized spacial score (nSPS) is 13.5. The predicted molar refractivity (Wildman–Crippen MR) is 140 cm³/mol. The molecule has 6 heteroatoms. The number of carbonyl (C=O) groups excluding carboxylic acids is 1. The highest BCUT2D eigenvalue weighted by molar-refractivity contribution is 5.83. The van der Waals surface area contributed by atoms with Gasteiger partial charge in [0.15, 0.2) is 0 Å². The summed E-state index contributed by atoms with van der Waals surface area (Å²) in [6.07, 6.45) is 5.29. The second kappa shape index (κ2) is 12.6. The molecule has 0 fully saturated rings. The minimum Gasteiger partial charge on any atom is -0.348 e. The first kappa shape index (κ1) is 25.8. The number of quaternary nitrogens is 1. The molecular formula is C28H40N5O+. The lowest BCUT2D eigenvalue weighted by molar-refractivity contribution is -0.889. The van der Waals surface area contributed by atoms with Crippen LogP contribution in [0.5, 0.6) is 0 Å². The van der Waals surface area contributed by atoms with Gasteiger partial charge in [0, 0.05) is 18.1 Å². The van der Waals surface area contributed by atoms with E-state index in [2.05, 4.69) is 72.2 Å². The zero-order valence-corrected chi connectivity index (χ0v) is 20.8. The van der Waals surface area contributed by atoms with E-state index in [-0.39, 0.29) is 18.0 Å². The first-order valence-electron chi connectivity index (χ1n) is 12.3. The quantitative estimate of drug-likeness (QED) is 0.340. The summed E-state index contributed by atoms with van der Waals surface area (Å²) < 4.78 is 0.874. The van der Waals surface area contributed by atoms with Gasteiger partial charge in [-0.05, 0) is 62.1 Å². The molecule has 0 spiro atoms. The van der Waals surface area contributed by atoms with E-state index in [1.54, 1.807) is 0 Å². The molecule has 0 saturated carbocycles. The summed E-state index contributed by atoms with van der Waals surface area (Å²) in [5, 5.41) is 7.66. The molecular weight excluding hydrogens is 422 g/mol. The van der Waals surface area contributed by atoms with Gasteiger partial charge in [0.25, 0.3) is 0 Å². The van der Waals surface area contributed by atoms with Crippen molar-refractivity contribution in [3.63, 3.8) is 0 Å². The molecule has 34 heavy (non-hydrogen) atoms. The largest absolute Gasteiger partial charge is 0.348 e. The van der Waals surface area contributed by atoms with Crippen molar-refractivity contribution in [2.45, 2.75) is 37.8 Å². The highest BCUT2D eigenvalue weighted by atomic mass is 16.2. The lowest BCUT2D eigenvalue weighted by atomic mass is 9.97. The Morgan fingerprint density at radius 3 is 2.56 bits per heavy atom. The van der Waals surface area contributed by atoms with Crippen LogP contribution in [0.4, 0.5) is 0 Å². The number of aromatic nitrogens is 1. The number of fused-ring (bicyclic) bond motifs is 1. The van der Waals surface area contributed by atoms with Gasteiger partial charge in [0.1, 0.15) is 0 Å². The van der Waals surface area contributed by atoms with Crippen molar-refractivity contribution < 1.29 is 9.28 Å². The molecule has 2 aromatic carbocycles. The van der Waals surface area contributed by atoms with Crippen LogP contribution in [0, 0.1) is 0 Å². The van der Waals surface area contributed by atoms with Crippen molar-refractivity contribution in [1.82, 2.24) is 15.6 Å². The molecule has 3 aromatic rings. The van der Waals surface area contributed by atoms with Gasteiger partial charge in [0.2, 0.25) is 5.91 Å². The second-order valence-corrected chi connectivity index (χ2v) is 9.70. The smallest absolute Gasteiger partial charge is 0.237 e. The van der Waals surface area contributed by atoms with Crippen LogP contribution in [0.3, 0.4) is 0 Å². The topological polar surface area (TPSA) is 80.0 Å². The number of pyridine rings is 1. The first-order valence-corrected chi connectivity index (χ1v) is 12.3. The van der Waals surface area contributed by atoms with E-state index in [0.29, 0.717) is 6.54 Å². The number of likely N-dealkylation sites (N-methyl/N-ethyl adjacent to an activating group) is 2. The molecule has 1 unspecified atom stereocenters. The Hall–Kier alpha value is -2.80. The molecule has 3 rings (SSSR count). The van der Waals surface area contributed by atoms with Crippen molar-refractivity contribution >= 4 is 16.8 Å². The van der Waals surface area contributed by atoms with Crippen molar-refractivity contribution in [2.75, 3.05) is 40.8 Å². The van der Waals surface area contributed by atoms with E-state index in [1.165, 1.54) is 5.56 Å². The molecule has 0 radical (unpaired) electrons. The fourth-order valence-corrected chi connectivity index (χ4v) is 4.45. The van der Waals surface area contributed by atoms with E-state index in [0.717, 1.165) is 59.7 Å². The number of nitrogens with one attached hydrogen (secondary N) is 2. The molecule has 4 N–H and O–H groups in total. The maximum Gasteiger partial charge on any atom is 0.237 e. The van der Waals surface area contributed by atoms with Gasteiger partial charge in [-0.3, -0.25) is 9.78 Å². The minimum absolute atomic E-state index is 0.0518. The number of nitrogens with two attached hydrogens (primary N) is 1. The second-order valence-electron chi connectivity index (χ2n) is 9.70. The lowest BCUT2D eigenvalue weighted by Crippen LogP contribution is -2.46. The monoisotopic (exact) mass is 462 g/mol. The van der Waals surface area contributed by atoms with Gasteiger partial charge in [-0.2, -0.15) is 0 Å². The maximum atomic E-state index is 13.3. The summed E-state index contributed by atoms with van der Waals surface area (Å²) in [6.45, 7) is 2.61. The molecule has 0 bridgehead atoms. The highest BCUT2D eigenvalue weighted by Gasteiger charge is 2.23. The van der Waals surface area contributed by atoms with Crippen molar-refractivity contribution in [3.8, 4) is 0 Å². The lowest BCUT2D eigenvalue weighted by Gasteiger charge is -2.30. The molecule has 1 heterocycles. The summed E-state index contributed by atoms with van der Waals surface area (Å²) in [7, 11) is 6.25. The van der Waals surface area contributed by atoms with Gasteiger partial charge in [-0.25, -0.2) is 0 Å². The third kappa shape index (κ3) is 7.62. The fraction of sp³-hybridized carbons (Fsp3) is 0.429. The zero-order chi connectivity index (χ0) is 24.4. The maximum absolute atomic E-state index is 13.3. The van der Waals surface area contributed by atoms with Crippen LogP contribution < -0.4 is 16.4 Å². The van der Waals surface area contributed by atoms with E-state index in [4.69, 9.17) is 5.73 Å². The minimum atomic E-state index is -0.223. The van der Waals surface area contributed by atoms with Gasteiger partial charge in [-0.15, -0.1) is 0 Å². The SMILES string of the molecule is CNC(CCC[N+](C)(C)CCN)C(=O)N[C@H](CCc1ccccc1)c1ccc2ncccc2c1. The van der Waals surface area contributed by atoms with Crippen molar-refractivity contribution in [3.05, 3.63) is 78.0 Å². The van der Waals surface area contributed by atoms with E-state index < -0.39 is 0 Å². The number of nitrogens with zero attached hydrogens (tertiary/aromatic N) is 2. The standard InChI is InChI=1S/C28H39N5O/c1-30-27(12-8-19-33(2,3)20-17-29)28(34)32-26(15-13-22-9-5-4-6-10-22)24-14-16-25-23(21-24)11-7-18-31-25/h4-7,9-11,14,16,18,21,26-27,30H,8,12-13,15,17,19-20,29H2,1-3H3/p+1/t26-,27?/m1/s1. The van der Waals surface area contributed by atoms with Crippen LogP contribution in [-0.4, -0.2) is 62.2 Å². The summed E-state index contributed by atoms with van der Waals surface area (Å²) in [5.41, 5.74) is 9.09. The van der Waals surface area contributed by atoms with Crippen LogP contribution in [0.2, 0.25) is 0 Å². The number of benzene rings is 2. The average molecular weight is 463 g/mol. The Labute approximate surface area is 204 Å². The molecule has 0 aliphatic carbocycles. The summed E-state index contributed by atoms with van der Waals surface area (Å²) in [4.78, 5) is 17.7. The van der Waals surface area contributed by atoms with Crippen molar-refractivity contribution in [1.29, 1.82) is 0 Å². The highest BCUT2D eigenvalue weighted by Crippen LogP contribution is 2.23. The molecule has 182 valence electrons. The Kier molecular flexibility index (Phi) is 9.57. The first-order chi connectivity index (χ1) is 16.4. The number of carbonyl (C=O) groups is 1. The molecule has 1 amide bonds. The predicted octanol–water partition coefficient (Wildman–Crippen LogP) is 3.43. The number of rotatable bonds is 13. The van der Waals surface area contributed by atoms with Gasteiger partial charge in [-0.1, -0.05) is 42.5 Å². The summed E-state index contributed by atoms with van der Waals surface area (Å²) >= 11 is 0. The van der Waals surface area contributed by atoms with Gasteiger partial charge >= 0.3 is 0 Å². The average Bonchev–Trinajstić information content (AvgIpc) is 2.84. The Bertz CT molecular complexity index is 1040. The van der Waals surface area contributed by atoms with Crippen LogP contribution >= 0.6 is 0 Å². The van der Waals surface area contributed by atoms with Crippen LogP contribution in [0.25, 0.3) is 10.9 Å². The van der Waals surface area contributed by atoms with Gasteiger partial charge < -0.3 is 20.9 Å².